The van der Waals surface area contributed by atoms with Crippen LogP contribution in [0.3, 0.4) is 0 Å². The van der Waals surface area contributed by atoms with Crippen molar-refractivity contribution in [2.75, 3.05) is 5.32 Å². The molecule has 0 aliphatic heterocycles. The summed E-state index contributed by atoms with van der Waals surface area (Å²) in [7, 11) is 1.83. The Bertz CT molecular complexity index is 421. The van der Waals surface area contributed by atoms with Crippen molar-refractivity contribution in [3.63, 3.8) is 0 Å². The summed E-state index contributed by atoms with van der Waals surface area (Å²) in [6.45, 7) is 0. The van der Waals surface area contributed by atoms with Crippen LogP contribution in [0, 0.1) is 0 Å². The largest absolute Gasteiger partial charge is 0.323 e. The molecular weight excluding hydrogens is 244 g/mol. The fourth-order valence-electron chi connectivity index (χ4n) is 1.06. The van der Waals surface area contributed by atoms with Gasteiger partial charge in [0, 0.05) is 17.2 Å². The molecule has 14 heavy (non-hydrogen) atoms. The summed E-state index contributed by atoms with van der Waals surface area (Å²) in [5.74, 6) is 0.606. The number of aryl methyl sites for hydroxylation is 1. The third-order valence-electron chi connectivity index (χ3n) is 1.70. The van der Waals surface area contributed by atoms with E-state index in [-0.39, 0.29) is 0 Å². The Balaban J connectivity index is 2.15. The second kappa shape index (κ2) is 3.79. The molecule has 1 aromatic carbocycles. The molecule has 0 fully saturated rings. The summed E-state index contributed by atoms with van der Waals surface area (Å²) in [5, 5.41) is 7.20. The molecule has 0 amide bonds. The highest BCUT2D eigenvalue weighted by Crippen LogP contribution is 2.16. The van der Waals surface area contributed by atoms with Crippen molar-refractivity contribution in [1.29, 1.82) is 0 Å². The van der Waals surface area contributed by atoms with Gasteiger partial charge in [-0.2, -0.15) is 0 Å². The van der Waals surface area contributed by atoms with Gasteiger partial charge in [0.05, 0.1) is 0 Å². The van der Waals surface area contributed by atoms with Crippen LogP contribution >= 0.6 is 15.9 Å². The zero-order valence-electron chi connectivity index (χ0n) is 7.61. The molecule has 0 aliphatic rings. The highest BCUT2D eigenvalue weighted by Gasteiger charge is 1.98. The van der Waals surface area contributed by atoms with Gasteiger partial charge in [-0.1, -0.05) is 15.9 Å². The normalized spacial score (nSPS) is 10.1. The van der Waals surface area contributed by atoms with Crippen LogP contribution in [0.25, 0.3) is 0 Å². The second-order valence-corrected chi connectivity index (χ2v) is 3.79. The standard InChI is InChI=1S/C9H9BrN4/c1-14-6-11-9(13-14)12-8-4-2-7(10)3-5-8/h2-6H,1H3,(H,12,13). The highest BCUT2D eigenvalue weighted by atomic mass is 79.9. The van der Waals surface area contributed by atoms with Crippen molar-refractivity contribution in [3.05, 3.63) is 35.1 Å². The number of anilines is 2. The quantitative estimate of drug-likeness (QED) is 0.893. The lowest BCUT2D eigenvalue weighted by atomic mass is 10.3. The minimum absolute atomic E-state index is 0.606. The first-order valence-electron chi connectivity index (χ1n) is 4.12. The lowest BCUT2D eigenvalue weighted by Crippen LogP contribution is -1.94. The summed E-state index contributed by atoms with van der Waals surface area (Å²) < 4.78 is 2.71. The first kappa shape index (κ1) is 9.21. The van der Waals surface area contributed by atoms with Crippen LogP contribution in [0.4, 0.5) is 11.6 Å². The molecule has 2 aromatic rings. The molecule has 0 spiro atoms. The highest BCUT2D eigenvalue weighted by molar-refractivity contribution is 9.10. The van der Waals surface area contributed by atoms with Gasteiger partial charge >= 0.3 is 0 Å². The van der Waals surface area contributed by atoms with Crippen molar-refractivity contribution in [2.24, 2.45) is 7.05 Å². The zero-order chi connectivity index (χ0) is 9.97. The van der Waals surface area contributed by atoms with E-state index < -0.39 is 0 Å². The van der Waals surface area contributed by atoms with Crippen molar-refractivity contribution in [2.45, 2.75) is 0 Å². The summed E-state index contributed by atoms with van der Waals surface area (Å²) in [5.41, 5.74) is 0.972. The van der Waals surface area contributed by atoms with Crippen LogP contribution in [0.1, 0.15) is 0 Å². The zero-order valence-corrected chi connectivity index (χ0v) is 9.19. The van der Waals surface area contributed by atoms with Crippen molar-refractivity contribution in [3.8, 4) is 0 Å². The van der Waals surface area contributed by atoms with E-state index in [9.17, 15) is 0 Å². The Labute approximate surface area is 90.1 Å². The molecule has 1 aromatic heterocycles. The predicted octanol–water partition coefficient (Wildman–Crippen LogP) is 2.32. The van der Waals surface area contributed by atoms with Gasteiger partial charge in [-0.3, -0.25) is 4.68 Å². The smallest absolute Gasteiger partial charge is 0.246 e. The molecular formula is C9H9BrN4. The van der Waals surface area contributed by atoms with Crippen molar-refractivity contribution >= 4 is 27.6 Å². The molecule has 0 unspecified atom stereocenters. The molecule has 1 heterocycles. The Morgan fingerprint density at radius 1 is 1.29 bits per heavy atom. The minimum Gasteiger partial charge on any atom is -0.323 e. The SMILES string of the molecule is Cn1cnc(Nc2ccc(Br)cc2)n1. The molecule has 0 saturated carbocycles. The van der Waals surface area contributed by atoms with E-state index in [0.717, 1.165) is 10.2 Å². The van der Waals surface area contributed by atoms with E-state index in [2.05, 4.69) is 31.3 Å². The fourth-order valence-corrected chi connectivity index (χ4v) is 1.32. The third-order valence-corrected chi connectivity index (χ3v) is 2.23. The molecule has 2 rings (SSSR count). The Kier molecular flexibility index (Phi) is 2.49. The summed E-state index contributed by atoms with van der Waals surface area (Å²) in [4.78, 5) is 4.06. The number of nitrogens with one attached hydrogen (secondary N) is 1. The first-order valence-corrected chi connectivity index (χ1v) is 4.91. The van der Waals surface area contributed by atoms with Gasteiger partial charge in [0.15, 0.2) is 0 Å². The predicted molar refractivity (Wildman–Crippen MR) is 58.4 cm³/mol. The van der Waals surface area contributed by atoms with Gasteiger partial charge in [-0.25, -0.2) is 4.98 Å². The maximum Gasteiger partial charge on any atom is 0.246 e. The number of rotatable bonds is 2. The van der Waals surface area contributed by atoms with E-state index in [1.807, 2.05) is 31.3 Å². The lowest BCUT2D eigenvalue weighted by Gasteiger charge is -2.00. The van der Waals surface area contributed by atoms with Crippen molar-refractivity contribution < 1.29 is 0 Å². The van der Waals surface area contributed by atoms with Crippen LogP contribution in [0.5, 0.6) is 0 Å². The van der Waals surface area contributed by atoms with Gasteiger partial charge in [0.25, 0.3) is 0 Å². The number of halogens is 1. The van der Waals surface area contributed by atoms with Gasteiger partial charge < -0.3 is 5.32 Å². The summed E-state index contributed by atoms with van der Waals surface area (Å²) >= 11 is 3.37. The molecule has 0 aliphatic carbocycles. The van der Waals surface area contributed by atoms with Crippen molar-refractivity contribution in [1.82, 2.24) is 14.8 Å². The molecule has 0 atom stereocenters. The number of nitrogens with zero attached hydrogens (tertiary/aromatic N) is 3. The number of benzene rings is 1. The monoisotopic (exact) mass is 252 g/mol. The molecule has 0 bridgehead atoms. The van der Waals surface area contributed by atoms with Gasteiger partial charge in [-0.15, -0.1) is 5.10 Å². The Morgan fingerprint density at radius 2 is 2.00 bits per heavy atom. The number of hydrogen-bond donors (Lipinski definition) is 1. The van der Waals surface area contributed by atoms with E-state index in [0.29, 0.717) is 5.95 Å². The van der Waals surface area contributed by atoms with Crippen LogP contribution in [-0.2, 0) is 7.05 Å². The van der Waals surface area contributed by atoms with E-state index in [1.165, 1.54) is 0 Å². The number of aromatic nitrogens is 3. The summed E-state index contributed by atoms with van der Waals surface area (Å²) in [6, 6.07) is 7.84. The van der Waals surface area contributed by atoms with E-state index >= 15 is 0 Å². The second-order valence-electron chi connectivity index (χ2n) is 2.87. The summed E-state index contributed by atoms with van der Waals surface area (Å²) in [6.07, 6.45) is 1.65. The lowest BCUT2D eigenvalue weighted by molar-refractivity contribution is 0.768. The van der Waals surface area contributed by atoms with Gasteiger partial charge in [0.1, 0.15) is 6.33 Å². The molecule has 0 saturated heterocycles. The third kappa shape index (κ3) is 2.11. The van der Waals surface area contributed by atoms with Crippen LogP contribution in [-0.4, -0.2) is 14.8 Å². The first-order chi connectivity index (χ1) is 6.74. The minimum atomic E-state index is 0.606. The van der Waals surface area contributed by atoms with E-state index in [4.69, 9.17) is 0 Å². The molecule has 5 heteroatoms. The number of hydrogen-bond acceptors (Lipinski definition) is 3. The average Bonchev–Trinajstić information content (AvgIpc) is 2.56. The topological polar surface area (TPSA) is 42.7 Å². The van der Waals surface area contributed by atoms with Crippen LogP contribution < -0.4 is 5.32 Å². The average molecular weight is 253 g/mol. The van der Waals surface area contributed by atoms with Gasteiger partial charge in [0.2, 0.25) is 5.95 Å². The van der Waals surface area contributed by atoms with E-state index in [1.54, 1.807) is 11.0 Å². The fraction of sp³-hybridized carbons (Fsp3) is 0.111. The molecule has 4 nitrogen and oxygen atoms in total. The maximum absolute atomic E-state index is 4.11. The molecule has 0 radical (unpaired) electrons. The molecule has 72 valence electrons. The van der Waals surface area contributed by atoms with Crippen LogP contribution in [0.2, 0.25) is 0 Å². The Morgan fingerprint density at radius 3 is 2.57 bits per heavy atom. The van der Waals surface area contributed by atoms with Gasteiger partial charge in [-0.05, 0) is 24.3 Å². The molecule has 1 N–H and O–H groups in total. The maximum atomic E-state index is 4.11. The van der Waals surface area contributed by atoms with Crippen LogP contribution in [0.15, 0.2) is 35.1 Å². The Hall–Kier alpha value is -1.36.